The molecule has 4 aliphatic carbocycles. The number of aliphatic hydroxyl groups is 3. The van der Waals surface area contributed by atoms with Crippen LogP contribution in [0.2, 0.25) is 0 Å². The van der Waals surface area contributed by atoms with Crippen LogP contribution in [0.25, 0.3) is 0 Å². The lowest BCUT2D eigenvalue weighted by molar-refractivity contribution is -0.290. The van der Waals surface area contributed by atoms with E-state index in [0.29, 0.717) is 18.4 Å². The van der Waals surface area contributed by atoms with Crippen LogP contribution in [0.5, 0.6) is 0 Å². The van der Waals surface area contributed by atoms with Gasteiger partial charge in [-0.1, -0.05) is 110 Å². The number of unbranched alkanes of at least 4 members (excludes halogenated alkanes) is 12. The minimum absolute atomic E-state index is 0.0635. The quantitative estimate of drug-likeness (QED) is 0.0640. The summed E-state index contributed by atoms with van der Waals surface area (Å²) in [4.78, 5) is 68.7. The molecule has 6 fully saturated rings. The zero-order chi connectivity index (χ0) is 46.6. The van der Waals surface area contributed by atoms with Crippen LogP contribution >= 0.6 is 0 Å². The minimum atomic E-state index is -2.33. The molecule has 3 N–H and O–H groups in total. The van der Waals surface area contributed by atoms with Crippen molar-refractivity contribution in [1.82, 2.24) is 0 Å². The summed E-state index contributed by atoms with van der Waals surface area (Å²) in [5.41, 5.74) is -5.91. The van der Waals surface area contributed by atoms with E-state index in [0.717, 1.165) is 45.6 Å². The van der Waals surface area contributed by atoms with E-state index in [1.165, 1.54) is 70.6 Å². The van der Waals surface area contributed by atoms with Crippen LogP contribution in [-0.2, 0) is 57.1 Å². The molecule has 3 unspecified atom stereocenters. The van der Waals surface area contributed by atoms with Gasteiger partial charge in [-0.05, 0) is 55.9 Å². The van der Waals surface area contributed by atoms with Crippen molar-refractivity contribution in [2.24, 2.45) is 28.6 Å². The number of ether oxygens (including phenoxy) is 8. The molecule has 16 heteroatoms. The zero-order valence-electron chi connectivity index (χ0n) is 39.0. The summed E-state index contributed by atoms with van der Waals surface area (Å²) in [6.45, 7) is 5.46. The maximum atomic E-state index is 14.1. The van der Waals surface area contributed by atoms with Gasteiger partial charge >= 0.3 is 24.1 Å². The molecule has 0 aromatic rings. The third-order valence-corrected chi connectivity index (χ3v) is 16.3. The minimum Gasteiger partial charge on any atom is -0.467 e. The average Bonchev–Trinajstić information content (AvgIpc) is 3.86. The van der Waals surface area contributed by atoms with Gasteiger partial charge in [0.25, 0.3) is 0 Å². The molecule has 2 bridgehead atoms. The van der Waals surface area contributed by atoms with Crippen molar-refractivity contribution in [3.63, 3.8) is 0 Å². The number of carbonyl (C=O) groups excluding carboxylic acids is 5. The molecular formula is C49H74O16. The van der Waals surface area contributed by atoms with Crippen molar-refractivity contribution in [2.45, 2.75) is 210 Å². The summed E-state index contributed by atoms with van der Waals surface area (Å²) in [7, 11) is 1.08. The highest BCUT2D eigenvalue weighted by atomic mass is 16.8. The SMILES string of the molecule is CCCCCCCCCCCCCCCC1OCC(COC(=O)OC2=C(C)[C@@H]3C[C@H]4OC(=O)C(OC(=O)CC5(O)CCCCC5)[C@H]5[C@]6(C(=O)OC)OC[C@]45[C@H]([C@@H](O)[C@@H]6O)[C@@]3(C)CC2=O)O1. The van der Waals surface area contributed by atoms with Crippen LogP contribution in [0.3, 0.4) is 0 Å². The van der Waals surface area contributed by atoms with Crippen molar-refractivity contribution in [3.8, 4) is 0 Å². The first-order valence-corrected chi connectivity index (χ1v) is 24.7. The maximum Gasteiger partial charge on any atom is 0.514 e. The summed E-state index contributed by atoms with van der Waals surface area (Å²) in [5, 5.41) is 35.3. The lowest BCUT2D eigenvalue weighted by Crippen LogP contribution is -2.79. The van der Waals surface area contributed by atoms with Gasteiger partial charge in [-0.2, -0.15) is 0 Å². The molecule has 7 rings (SSSR count). The Morgan fingerprint density at radius 2 is 1.52 bits per heavy atom. The Morgan fingerprint density at radius 3 is 2.17 bits per heavy atom. The van der Waals surface area contributed by atoms with Gasteiger partial charge in [0.05, 0.1) is 44.4 Å². The molecule has 0 aromatic carbocycles. The highest BCUT2D eigenvalue weighted by Gasteiger charge is 2.85. The van der Waals surface area contributed by atoms with E-state index < -0.39 is 107 Å². The number of ketones is 1. The lowest BCUT2D eigenvalue weighted by Gasteiger charge is -2.67. The van der Waals surface area contributed by atoms with Crippen LogP contribution in [0.4, 0.5) is 4.79 Å². The van der Waals surface area contributed by atoms with E-state index in [1.54, 1.807) is 13.8 Å². The standard InChI is InChI=1S/C49H74O16/c1-5-6-7-8-9-10-11-12-13-14-15-16-18-21-36-59-27-31(62-36)28-60-45(56)65-38-30(2)32-24-34-48-29-61-49(44(55)58-4,42(53)37(52)40(48)46(32,3)25-33(38)50)41(48)39(43(54)63-34)64-35(51)26-47(57)22-19-17-20-23-47/h31-32,34,36-37,39-42,52-53,57H,5-29H2,1-4H3/t31?,32-,34+,36?,37+,39?,40+,41+,42-,46-,48+,49-/m0/s1. The Morgan fingerprint density at radius 1 is 0.877 bits per heavy atom. The number of hydrogen-bond donors (Lipinski definition) is 3. The fraction of sp³-hybridized carbons (Fsp3) is 0.857. The Bertz CT molecular complexity index is 1760. The van der Waals surface area contributed by atoms with Crippen LogP contribution in [0.15, 0.2) is 11.3 Å². The van der Waals surface area contributed by atoms with Gasteiger partial charge in [0, 0.05) is 17.8 Å². The fourth-order valence-corrected chi connectivity index (χ4v) is 13.2. The molecule has 0 amide bonds. The second-order valence-corrected chi connectivity index (χ2v) is 20.5. The van der Waals surface area contributed by atoms with E-state index in [2.05, 4.69) is 6.92 Å². The number of esters is 3. The highest BCUT2D eigenvalue weighted by molar-refractivity contribution is 5.97. The van der Waals surface area contributed by atoms with Crippen LogP contribution in [0, 0.1) is 28.6 Å². The van der Waals surface area contributed by atoms with E-state index in [-0.39, 0.29) is 44.7 Å². The van der Waals surface area contributed by atoms with E-state index in [1.807, 2.05) is 0 Å². The summed E-state index contributed by atoms with van der Waals surface area (Å²) in [6.07, 6.45) is 11.2. The normalized spacial score (nSPS) is 36.9. The maximum absolute atomic E-state index is 14.1. The van der Waals surface area contributed by atoms with E-state index >= 15 is 0 Å². The molecule has 3 saturated heterocycles. The van der Waals surface area contributed by atoms with Gasteiger partial charge in [0.1, 0.15) is 24.9 Å². The molecule has 366 valence electrons. The third-order valence-electron chi connectivity index (χ3n) is 16.3. The highest BCUT2D eigenvalue weighted by Crippen LogP contribution is 2.73. The van der Waals surface area contributed by atoms with Gasteiger partial charge in [-0.25, -0.2) is 14.4 Å². The van der Waals surface area contributed by atoms with Crippen molar-refractivity contribution in [3.05, 3.63) is 11.3 Å². The smallest absolute Gasteiger partial charge is 0.467 e. The fourth-order valence-electron chi connectivity index (χ4n) is 13.2. The largest absolute Gasteiger partial charge is 0.514 e. The van der Waals surface area contributed by atoms with Crippen LogP contribution in [0.1, 0.15) is 162 Å². The Balaban J connectivity index is 0.960. The number of allylic oxidation sites excluding steroid dienone is 2. The number of methoxy groups -OCH3 is 1. The average molecular weight is 919 g/mol. The first kappa shape index (κ1) is 49.7. The molecular weight excluding hydrogens is 845 g/mol. The van der Waals surface area contributed by atoms with Gasteiger partial charge < -0.3 is 53.2 Å². The van der Waals surface area contributed by atoms with Gasteiger partial charge in [-0.15, -0.1) is 0 Å². The van der Waals surface area contributed by atoms with Crippen molar-refractivity contribution >= 4 is 29.8 Å². The predicted molar refractivity (Wildman–Crippen MR) is 230 cm³/mol. The van der Waals surface area contributed by atoms with Gasteiger partial charge in [-0.3, -0.25) is 9.59 Å². The number of hydrogen-bond acceptors (Lipinski definition) is 16. The molecule has 3 heterocycles. The number of carbonyl (C=O) groups is 5. The van der Waals surface area contributed by atoms with E-state index in [4.69, 9.17) is 37.9 Å². The Labute approximate surface area is 383 Å². The van der Waals surface area contributed by atoms with Crippen molar-refractivity contribution in [1.29, 1.82) is 0 Å². The number of rotatable bonds is 21. The van der Waals surface area contributed by atoms with Crippen LogP contribution in [-0.4, -0.2) is 120 Å². The molecule has 0 aromatic heterocycles. The molecule has 12 atom stereocenters. The van der Waals surface area contributed by atoms with Crippen molar-refractivity contribution in [2.75, 3.05) is 26.9 Å². The second-order valence-electron chi connectivity index (χ2n) is 20.5. The monoisotopic (exact) mass is 918 g/mol. The van der Waals surface area contributed by atoms with Gasteiger partial charge in [0.2, 0.25) is 11.7 Å². The molecule has 7 aliphatic rings. The zero-order valence-corrected chi connectivity index (χ0v) is 39.0. The number of Topliss-reactive ketones (excluding diaryl/α,β-unsaturated/α-hetero) is 1. The molecule has 3 aliphatic heterocycles. The molecule has 3 saturated carbocycles. The molecule has 16 nitrogen and oxygen atoms in total. The van der Waals surface area contributed by atoms with Gasteiger partial charge in [0.15, 0.2) is 17.8 Å². The van der Waals surface area contributed by atoms with Crippen molar-refractivity contribution < 1.29 is 77.2 Å². The molecule has 0 radical (unpaired) electrons. The second kappa shape index (κ2) is 21.0. The summed E-state index contributed by atoms with van der Waals surface area (Å²) in [5.74, 6) is -6.80. The first-order chi connectivity index (χ1) is 31.1. The summed E-state index contributed by atoms with van der Waals surface area (Å²) in [6, 6.07) is 0. The summed E-state index contributed by atoms with van der Waals surface area (Å²) >= 11 is 0. The third kappa shape index (κ3) is 9.77. The topological polar surface area (TPSA) is 220 Å². The first-order valence-electron chi connectivity index (χ1n) is 24.7. The van der Waals surface area contributed by atoms with E-state index in [9.17, 15) is 39.3 Å². The summed E-state index contributed by atoms with van der Waals surface area (Å²) < 4.78 is 46.1. The van der Waals surface area contributed by atoms with Crippen LogP contribution < -0.4 is 0 Å². The number of fused-ring (bicyclic) bond motifs is 2. The lowest BCUT2D eigenvalue weighted by atomic mass is 9.38. The molecule has 65 heavy (non-hydrogen) atoms. The predicted octanol–water partition coefficient (Wildman–Crippen LogP) is 6.45. The Kier molecular flexibility index (Phi) is 16.1. The Hall–Kier alpha value is -3.15. The molecule has 1 spiro atoms. The number of aliphatic hydroxyl groups excluding tert-OH is 2.